The Balaban J connectivity index is 1.26. The highest BCUT2D eigenvalue weighted by Gasteiger charge is 2.30. The summed E-state index contributed by atoms with van der Waals surface area (Å²) in [4.78, 5) is 3.90. The topological polar surface area (TPSA) is 97.1 Å². The molecule has 0 fully saturated rings. The predicted molar refractivity (Wildman–Crippen MR) is 141 cm³/mol. The van der Waals surface area contributed by atoms with Gasteiger partial charge in [-0.1, -0.05) is 30.7 Å². The monoisotopic (exact) mass is 528 g/mol. The van der Waals surface area contributed by atoms with Crippen molar-refractivity contribution in [2.75, 3.05) is 13.1 Å². The summed E-state index contributed by atoms with van der Waals surface area (Å²) in [7, 11) is -3.87. The number of fused-ring (bicyclic) bond motifs is 1. The van der Waals surface area contributed by atoms with E-state index in [1.807, 2.05) is 18.3 Å². The van der Waals surface area contributed by atoms with Gasteiger partial charge in [0.05, 0.1) is 0 Å². The van der Waals surface area contributed by atoms with Gasteiger partial charge >= 0.3 is 0 Å². The van der Waals surface area contributed by atoms with Crippen molar-refractivity contribution in [3.8, 4) is 0 Å². The summed E-state index contributed by atoms with van der Waals surface area (Å²) < 4.78 is 54.7. The number of nitrogens with zero attached hydrogens (tertiary/aromatic N) is 1. The Kier molecular flexibility index (Phi) is 9.37. The molecule has 37 heavy (non-hydrogen) atoms. The molecule has 4 rings (SSSR count). The Morgan fingerprint density at radius 3 is 2.70 bits per heavy atom. The van der Waals surface area contributed by atoms with Crippen LogP contribution in [0.15, 0.2) is 71.9 Å². The first-order valence-corrected chi connectivity index (χ1v) is 14.2. The van der Waals surface area contributed by atoms with E-state index in [0.29, 0.717) is 13.0 Å². The molecule has 0 unspecified atom stereocenters. The Hall–Kier alpha value is -2.72. The van der Waals surface area contributed by atoms with Crippen LogP contribution in [0.25, 0.3) is 0 Å². The van der Waals surface area contributed by atoms with E-state index >= 15 is 0 Å². The zero-order valence-corrected chi connectivity index (χ0v) is 21.6. The van der Waals surface area contributed by atoms with Crippen LogP contribution in [-0.4, -0.2) is 38.6 Å². The average molecular weight is 529 g/mol. The van der Waals surface area contributed by atoms with Crippen molar-refractivity contribution < 1.29 is 17.2 Å². The number of sulfonamides is 1. The molecular weight excluding hydrogens is 494 g/mol. The number of hydrogen-bond donors (Lipinski definition) is 3. The number of nitrogens with one attached hydrogen (secondary N) is 2. The molecule has 0 spiro atoms. The number of halogens is 2. The fraction of sp³-hybridized carbons (Fsp3) is 0.393. The lowest BCUT2D eigenvalue weighted by atomic mass is 9.76. The molecule has 0 aliphatic heterocycles. The number of benzene rings is 2. The smallest absolute Gasteiger partial charge is 0.243 e. The lowest BCUT2D eigenvalue weighted by Crippen LogP contribution is -2.45. The average Bonchev–Trinajstić information content (AvgIpc) is 2.88. The highest BCUT2D eigenvalue weighted by molar-refractivity contribution is 7.89. The minimum Gasteiger partial charge on any atom is -0.327 e. The van der Waals surface area contributed by atoms with E-state index in [-0.39, 0.29) is 35.3 Å². The van der Waals surface area contributed by atoms with Crippen LogP contribution in [0.3, 0.4) is 0 Å². The molecule has 3 aromatic rings. The van der Waals surface area contributed by atoms with E-state index in [0.717, 1.165) is 49.3 Å². The first kappa shape index (κ1) is 27.3. The van der Waals surface area contributed by atoms with Gasteiger partial charge in [-0.05, 0) is 79.1 Å². The predicted octanol–water partition coefficient (Wildman–Crippen LogP) is 4.07. The molecule has 0 radical (unpaired) electrons. The van der Waals surface area contributed by atoms with Crippen molar-refractivity contribution in [2.24, 2.45) is 5.73 Å². The lowest BCUT2D eigenvalue weighted by Gasteiger charge is -2.35. The summed E-state index contributed by atoms with van der Waals surface area (Å²) in [6, 6.07) is 14.5. The van der Waals surface area contributed by atoms with Crippen molar-refractivity contribution in [1.82, 2.24) is 15.0 Å². The third-order valence-electron chi connectivity index (χ3n) is 6.96. The molecule has 198 valence electrons. The third-order valence-corrected chi connectivity index (χ3v) is 8.45. The van der Waals surface area contributed by atoms with E-state index in [1.54, 1.807) is 12.3 Å². The van der Waals surface area contributed by atoms with E-state index < -0.39 is 15.8 Å². The fourth-order valence-electron chi connectivity index (χ4n) is 5.03. The van der Waals surface area contributed by atoms with Gasteiger partial charge in [-0.3, -0.25) is 4.98 Å². The van der Waals surface area contributed by atoms with E-state index in [4.69, 9.17) is 5.73 Å². The Morgan fingerprint density at radius 2 is 1.92 bits per heavy atom. The Morgan fingerprint density at radius 1 is 1.08 bits per heavy atom. The van der Waals surface area contributed by atoms with Crippen molar-refractivity contribution in [3.05, 3.63) is 95.3 Å². The summed E-state index contributed by atoms with van der Waals surface area (Å²) >= 11 is 0. The van der Waals surface area contributed by atoms with Crippen molar-refractivity contribution in [3.63, 3.8) is 0 Å². The van der Waals surface area contributed by atoms with Crippen molar-refractivity contribution >= 4 is 10.0 Å². The summed E-state index contributed by atoms with van der Waals surface area (Å²) in [5.41, 5.74) is 9.74. The zero-order chi connectivity index (χ0) is 26.3. The van der Waals surface area contributed by atoms with Gasteiger partial charge in [-0.15, -0.1) is 0 Å². The summed E-state index contributed by atoms with van der Waals surface area (Å²) in [5, 5.41) is 3.65. The number of rotatable bonds is 12. The minimum absolute atomic E-state index is 0.0863. The summed E-state index contributed by atoms with van der Waals surface area (Å²) in [5.74, 6) is -0.780. The van der Waals surface area contributed by atoms with Gasteiger partial charge < -0.3 is 11.1 Å². The highest BCUT2D eigenvalue weighted by Crippen LogP contribution is 2.35. The second-order valence-corrected chi connectivity index (χ2v) is 11.4. The SMILES string of the molecule is N[C@@H](CCCCNS(=O)(=O)c1ccccc1F)CN[C@@H]1CCc2cc(F)ccc2[C@H]1Cc1cccnc1. The number of hydrogen-bond acceptors (Lipinski definition) is 5. The molecular formula is C28H34F2N4O2S. The summed E-state index contributed by atoms with van der Waals surface area (Å²) in [6.07, 6.45) is 8.23. The largest absolute Gasteiger partial charge is 0.327 e. The lowest BCUT2D eigenvalue weighted by molar-refractivity contribution is 0.366. The number of unbranched alkanes of at least 4 members (excludes halogenated alkanes) is 1. The quantitative estimate of drug-likeness (QED) is 0.308. The Labute approximate surface area is 217 Å². The molecule has 9 heteroatoms. The first-order chi connectivity index (χ1) is 17.8. The molecule has 0 bridgehead atoms. The molecule has 6 nitrogen and oxygen atoms in total. The van der Waals surface area contributed by atoms with Crippen molar-refractivity contribution in [2.45, 2.75) is 61.4 Å². The van der Waals surface area contributed by atoms with Gasteiger partial charge in [-0.25, -0.2) is 21.9 Å². The molecule has 1 aromatic heterocycles. The molecule has 1 heterocycles. The number of aryl methyl sites for hydroxylation is 1. The number of nitrogens with two attached hydrogens (primary N) is 1. The van der Waals surface area contributed by atoms with Gasteiger partial charge in [0.2, 0.25) is 10.0 Å². The van der Waals surface area contributed by atoms with Crippen LogP contribution in [0, 0.1) is 11.6 Å². The van der Waals surface area contributed by atoms with Crippen LogP contribution >= 0.6 is 0 Å². The maximum atomic E-state index is 13.8. The summed E-state index contributed by atoms with van der Waals surface area (Å²) in [6.45, 7) is 0.853. The first-order valence-electron chi connectivity index (χ1n) is 12.7. The minimum atomic E-state index is -3.87. The standard InChI is InChI=1S/C28H34F2N4O2S/c29-22-11-12-24-21(17-22)10-13-27(25(24)16-20-6-5-14-32-18-20)33-19-23(31)7-3-4-15-34-37(35,36)28-9-2-1-8-26(28)30/h1-2,5-6,8-9,11-12,14,17-18,23,25,27,33-34H,3-4,7,10,13,15-16,19,31H2/t23-,25+,27+/m0/s1. The maximum absolute atomic E-state index is 13.8. The second-order valence-electron chi connectivity index (χ2n) is 9.65. The van der Waals surface area contributed by atoms with Gasteiger partial charge in [0.15, 0.2) is 0 Å². The molecule has 0 saturated heterocycles. The molecule has 0 amide bonds. The normalized spacial score (nSPS) is 18.4. The number of pyridine rings is 1. The van der Waals surface area contributed by atoms with E-state index in [9.17, 15) is 17.2 Å². The van der Waals surface area contributed by atoms with Gasteiger partial charge in [-0.2, -0.15) is 0 Å². The van der Waals surface area contributed by atoms with E-state index in [1.165, 1.54) is 29.8 Å². The van der Waals surface area contributed by atoms with Crippen LogP contribution in [0.1, 0.15) is 48.3 Å². The molecule has 1 aliphatic rings. The van der Waals surface area contributed by atoms with Crippen LogP contribution in [0.5, 0.6) is 0 Å². The van der Waals surface area contributed by atoms with Gasteiger partial charge in [0.1, 0.15) is 16.5 Å². The molecule has 3 atom stereocenters. The van der Waals surface area contributed by atoms with Crippen LogP contribution in [0.4, 0.5) is 8.78 Å². The Bertz CT molecular complexity index is 1270. The van der Waals surface area contributed by atoms with Gasteiger partial charge in [0, 0.05) is 43.5 Å². The van der Waals surface area contributed by atoms with Crippen LogP contribution in [0.2, 0.25) is 0 Å². The molecule has 1 aliphatic carbocycles. The van der Waals surface area contributed by atoms with Crippen LogP contribution < -0.4 is 15.8 Å². The van der Waals surface area contributed by atoms with Gasteiger partial charge in [0.25, 0.3) is 0 Å². The second kappa shape index (κ2) is 12.7. The molecule has 0 saturated carbocycles. The molecule has 2 aromatic carbocycles. The zero-order valence-electron chi connectivity index (χ0n) is 20.7. The van der Waals surface area contributed by atoms with E-state index in [2.05, 4.69) is 21.1 Å². The maximum Gasteiger partial charge on any atom is 0.243 e. The third kappa shape index (κ3) is 7.41. The fourth-order valence-corrected chi connectivity index (χ4v) is 6.19. The van der Waals surface area contributed by atoms with Crippen LogP contribution in [-0.2, 0) is 22.9 Å². The molecule has 4 N–H and O–H groups in total. The number of aromatic nitrogens is 1. The highest BCUT2D eigenvalue weighted by atomic mass is 32.2. The van der Waals surface area contributed by atoms with Crippen molar-refractivity contribution in [1.29, 1.82) is 0 Å².